The van der Waals surface area contributed by atoms with Gasteiger partial charge in [0, 0.05) is 30.9 Å². The molecule has 0 bridgehead atoms. The summed E-state index contributed by atoms with van der Waals surface area (Å²) >= 11 is 0. The normalized spacial score (nSPS) is 23.3. The molecule has 43 heavy (non-hydrogen) atoms. The first kappa shape index (κ1) is 31.5. The Labute approximate surface area is 257 Å². The Morgan fingerprint density at radius 3 is 2.12 bits per heavy atom. The van der Waals surface area contributed by atoms with Gasteiger partial charge >= 0.3 is 0 Å². The van der Waals surface area contributed by atoms with Crippen LogP contribution < -0.4 is 9.64 Å². The number of nitrogens with zero attached hydrogens (tertiary/aromatic N) is 1. The molecular formula is C36H47NO5Si. The van der Waals surface area contributed by atoms with E-state index in [2.05, 4.69) is 41.5 Å². The molecular weight excluding hydrogens is 554 g/mol. The van der Waals surface area contributed by atoms with Crippen LogP contribution in [0.4, 0.5) is 5.69 Å². The zero-order valence-electron chi connectivity index (χ0n) is 26.8. The molecule has 2 N–H and O–H groups in total. The molecule has 0 heterocycles. The van der Waals surface area contributed by atoms with Crippen LogP contribution in [0.5, 0.6) is 5.75 Å². The molecule has 0 aromatic heterocycles. The monoisotopic (exact) mass is 601 g/mol. The predicted octanol–water partition coefficient (Wildman–Crippen LogP) is 7.33. The maximum absolute atomic E-state index is 14.6. The average Bonchev–Trinajstić information content (AvgIpc) is 2.97. The van der Waals surface area contributed by atoms with Crippen LogP contribution >= 0.6 is 0 Å². The highest BCUT2D eigenvalue weighted by molar-refractivity contribution is 6.77. The highest BCUT2D eigenvalue weighted by atomic mass is 28.4. The number of Topliss-reactive ketones (excluding diaryl/α,β-unsaturated/α-hetero) is 1. The van der Waals surface area contributed by atoms with Gasteiger partial charge in [0.15, 0.2) is 17.0 Å². The Kier molecular flexibility index (Phi) is 8.42. The van der Waals surface area contributed by atoms with Crippen LogP contribution in [0, 0.1) is 0 Å². The molecule has 7 heteroatoms. The van der Waals surface area contributed by atoms with Crippen molar-refractivity contribution in [2.45, 2.75) is 94.9 Å². The van der Waals surface area contributed by atoms with E-state index >= 15 is 0 Å². The molecule has 0 unspecified atom stereocenters. The predicted molar refractivity (Wildman–Crippen MR) is 174 cm³/mol. The summed E-state index contributed by atoms with van der Waals surface area (Å²) in [5.74, 6) is -0.00919. The number of hydrogen-bond acceptors (Lipinski definition) is 6. The van der Waals surface area contributed by atoms with Crippen LogP contribution in [-0.2, 0) is 23.1 Å². The Morgan fingerprint density at radius 2 is 1.51 bits per heavy atom. The minimum absolute atomic E-state index is 0.0815. The molecule has 0 amide bonds. The SMILES string of the molecule is CC(C)[Si](O[C@@H]1c2cccc(N(C)C)c2C(=O)[C@]2(O)CCc3cccc(OCc4ccccc4)c3[C@]12O)(C(C)C)C(C)C. The molecule has 5 rings (SSSR count). The van der Waals surface area contributed by atoms with Crippen molar-refractivity contribution in [1.29, 1.82) is 0 Å². The van der Waals surface area contributed by atoms with Crippen molar-refractivity contribution in [2.24, 2.45) is 0 Å². The van der Waals surface area contributed by atoms with Crippen LogP contribution in [-0.4, -0.2) is 44.0 Å². The van der Waals surface area contributed by atoms with E-state index in [4.69, 9.17) is 9.16 Å². The molecule has 0 radical (unpaired) electrons. The van der Waals surface area contributed by atoms with Gasteiger partial charge in [0.2, 0.25) is 8.32 Å². The summed E-state index contributed by atoms with van der Waals surface area (Å²) in [5.41, 5.74) is 0.522. The van der Waals surface area contributed by atoms with Gasteiger partial charge in [0.05, 0.1) is 0 Å². The van der Waals surface area contributed by atoms with Gasteiger partial charge in [-0.3, -0.25) is 4.79 Å². The first-order valence-electron chi connectivity index (χ1n) is 15.6. The lowest BCUT2D eigenvalue weighted by Crippen LogP contribution is -2.67. The number of fused-ring (bicyclic) bond motifs is 4. The molecule has 6 nitrogen and oxygen atoms in total. The minimum Gasteiger partial charge on any atom is -0.488 e. The van der Waals surface area contributed by atoms with Crippen molar-refractivity contribution in [3.05, 3.63) is 94.5 Å². The van der Waals surface area contributed by atoms with Gasteiger partial charge in [-0.2, -0.15) is 0 Å². The first-order valence-corrected chi connectivity index (χ1v) is 17.7. The number of anilines is 1. The van der Waals surface area contributed by atoms with E-state index in [0.29, 0.717) is 34.5 Å². The van der Waals surface area contributed by atoms with Gasteiger partial charge in [-0.05, 0) is 58.3 Å². The van der Waals surface area contributed by atoms with E-state index in [1.165, 1.54) is 0 Å². The third-order valence-electron chi connectivity index (χ3n) is 9.97. The summed E-state index contributed by atoms with van der Waals surface area (Å²) < 4.78 is 13.9. The number of aliphatic hydroxyl groups is 2. The first-order chi connectivity index (χ1) is 20.3. The van der Waals surface area contributed by atoms with Crippen molar-refractivity contribution in [1.82, 2.24) is 0 Å². The summed E-state index contributed by atoms with van der Waals surface area (Å²) in [7, 11) is 1.13. The molecule has 0 fully saturated rings. The van der Waals surface area contributed by atoms with Crippen LogP contribution in [0.1, 0.15) is 86.7 Å². The van der Waals surface area contributed by atoms with Gasteiger partial charge in [-0.15, -0.1) is 0 Å². The Hall–Kier alpha value is -2.97. The highest BCUT2D eigenvalue weighted by Gasteiger charge is 2.69. The second kappa shape index (κ2) is 11.5. The fourth-order valence-corrected chi connectivity index (χ4v) is 13.5. The second-order valence-electron chi connectivity index (χ2n) is 13.5. The van der Waals surface area contributed by atoms with Gasteiger partial charge < -0.3 is 24.3 Å². The lowest BCUT2D eigenvalue weighted by molar-refractivity contribution is -0.199. The third-order valence-corrected chi connectivity index (χ3v) is 16.0. The van der Waals surface area contributed by atoms with Gasteiger partial charge in [-0.1, -0.05) is 96.1 Å². The van der Waals surface area contributed by atoms with Crippen LogP contribution in [0.2, 0.25) is 16.6 Å². The van der Waals surface area contributed by atoms with Crippen molar-refractivity contribution in [3.63, 3.8) is 0 Å². The quantitative estimate of drug-likeness (QED) is 0.250. The van der Waals surface area contributed by atoms with E-state index in [0.717, 1.165) is 11.1 Å². The topological polar surface area (TPSA) is 79.2 Å². The molecule has 0 saturated carbocycles. The van der Waals surface area contributed by atoms with E-state index in [-0.39, 0.29) is 29.7 Å². The smallest absolute Gasteiger partial charge is 0.201 e. The van der Waals surface area contributed by atoms with Crippen molar-refractivity contribution < 1.29 is 24.2 Å². The lowest BCUT2D eigenvalue weighted by atomic mass is 9.58. The molecule has 3 aromatic carbocycles. The van der Waals surface area contributed by atoms with Gasteiger partial charge in [0.25, 0.3) is 0 Å². The lowest BCUT2D eigenvalue weighted by Gasteiger charge is -2.57. The van der Waals surface area contributed by atoms with Crippen molar-refractivity contribution >= 4 is 19.8 Å². The summed E-state index contributed by atoms with van der Waals surface area (Å²) in [4.78, 5) is 16.5. The number of carbonyl (C=O) groups excluding carboxylic acids is 1. The second-order valence-corrected chi connectivity index (χ2v) is 18.9. The molecule has 230 valence electrons. The number of carbonyl (C=O) groups is 1. The molecule has 2 aliphatic carbocycles. The summed E-state index contributed by atoms with van der Waals surface area (Å²) in [6.07, 6.45) is -0.474. The van der Waals surface area contributed by atoms with E-state index in [1.54, 1.807) is 0 Å². The zero-order chi connectivity index (χ0) is 31.3. The van der Waals surface area contributed by atoms with E-state index in [9.17, 15) is 15.0 Å². The van der Waals surface area contributed by atoms with Crippen molar-refractivity contribution in [3.8, 4) is 5.75 Å². The Bertz CT molecular complexity index is 1460. The summed E-state index contributed by atoms with van der Waals surface area (Å²) in [5, 5.41) is 26.0. The third kappa shape index (κ3) is 4.76. The molecule has 2 aliphatic rings. The number of aryl methyl sites for hydroxylation is 1. The Balaban J connectivity index is 1.80. The standard InChI is InChI=1S/C36H47NO5Si/c1-23(2)43(24(3)4,25(5)6)42-34-28-17-13-18-29(37(7)8)31(28)33(38)35(39)21-20-27-16-12-19-30(32(27)36(34,35)40)41-22-26-14-10-9-11-15-26/h9-19,23-25,34,39-40H,20-22H2,1-8H3/t34-,35-,36+/m1/s1. The van der Waals surface area contributed by atoms with E-state index < -0.39 is 31.4 Å². The van der Waals surface area contributed by atoms with Crippen LogP contribution in [0.15, 0.2) is 66.7 Å². The van der Waals surface area contributed by atoms with Gasteiger partial charge in [-0.25, -0.2) is 0 Å². The molecule has 0 aliphatic heterocycles. The summed E-state index contributed by atoms with van der Waals surface area (Å²) in [6, 6.07) is 21.3. The van der Waals surface area contributed by atoms with Crippen LogP contribution in [0.3, 0.4) is 0 Å². The largest absolute Gasteiger partial charge is 0.488 e. The minimum atomic E-state index is -2.65. The van der Waals surface area contributed by atoms with Crippen LogP contribution in [0.25, 0.3) is 0 Å². The van der Waals surface area contributed by atoms with Crippen molar-refractivity contribution in [2.75, 3.05) is 19.0 Å². The number of ether oxygens (including phenoxy) is 1. The average molecular weight is 602 g/mol. The highest BCUT2D eigenvalue weighted by Crippen LogP contribution is 2.61. The van der Waals surface area contributed by atoms with E-state index in [1.807, 2.05) is 85.7 Å². The Morgan fingerprint density at radius 1 is 0.884 bits per heavy atom. The molecule has 3 aromatic rings. The molecule has 0 saturated heterocycles. The van der Waals surface area contributed by atoms with Gasteiger partial charge in [0.1, 0.15) is 18.5 Å². The number of rotatable bonds is 9. The molecule has 0 spiro atoms. The number of ketones is 1. The zero-order valence-corrected chi connectivity index (χ0v) is 27.8. The molecule has 3 atom stereocenters. The number of hydrogen-bond donors (Lipinski definition) is 2. The fourth-order valence-electron chi connectivity index (χ4n) is 8.01. The maximum atomic E-state index is 14.6. The fraction of sp³-hybridized carbons (Fsp3) is 0.472. The summed E-state index contributed by atoms with van der Waals surface area (Å²) in [6.45, 7) is 13.5. The number of benzene rings is 3. The maximum Gasteiger partial charge on any atom is 0.201 e.